The highest BCUT2D eigenvalue weighted by Gasteiger charge is 2.18. The second kappa shape index (κ2) is 10.3. The molecule has 0 saturated carbocycles. The molecule has 0 aromatic heterocycles. The van der Waals surface area contributed by atoms with Crippen LogP contribution in [0.25, 0.3) is 6.08 Å². The van der Waals surface area contributed by atoms with E-state index in [1.54, 1.807) is 18.2 Å². The first-order valence-corrected chi connectivity index (χ1v) is 11.8. The molecule has 0 heterocycles. The van der Waals surface area contributed by atoms with E-state index in [0.717, 1.165) is 5.56 Å². The van der Waals surface area contributed by atoms with Gasteiger partial charge < -0.3 is 9.50 Å². The predicted octanol–water partition coefficient (Wildman–Crippen LogP) is 6.27. The van der Waals surface area contributed by atoms with Crippen LogP contribution in [0.3, 0.4) is 0 Å². The fraction of sp³-hybridized carbons (Fsp3) is 0.0435. The van der Waals surface area contributed by atoms with E-state index < -0.39 is 16.0 Å². The summed E-state index contributed by atoms with van der Waals surface area (Å²) in [6.45, 7) is 1.83. The lowest BCUT2D eigenvalue weighted by atomic mass is 10.1. The number of nitrogens with one attached hydrogen (secondary N) is 1. The van der Waals surface area contributed by atoms with Gasteiger partial charge in [-0.1, -0.05) is 58.6 Å². The van der Waals surface area contributed by atoms with Crippen LogP contribution in [-0.2, 0) is 14.9 Å². The molecule has 3 aromatic carbocycles. The van der Waals surface area contributed by atoms with Crippen molar-refractivity contribution in [3.05, 3.63) is 92.4 Å². The number of hydrogen-bond acceptors (Lipinski definition) is 5. The quantitative estimate of drug-likeness (QED) is 0.234. The first-order chi connectivity index (χ1) is 15.6. The molecule has 33 heavy (non-hydrogen) atoms. The van der Waals surface area contributed by atoms with Crippen molar-refractivity contribution < 1.29 is 17.4 Å². The highest BCUT2D eigenvalue weighted by atomic mass is 35.5. The summed E-state index contributed by atoms with van der Waals surface area (Å²) < 4.78 is 30.1. The van der Waals surface area contributed by atoms with Crippen molar-refractivity contribution in [2.75, 3.05) is 5.32 Å². The number of aryl methyl sites for hydroxylation is 1. The molecule has 3 rings (SSSR count). The molecule has 0 spiro atoms. The van der Waals surface area contributed by atoms with Crippen LogP contribution in [0, 0.1) is 18.3 Å². The van der Waals surface area contributed by atoms with Gasteiger partial charge in [0.25, 0.3) is 5.91 Å². The Kier molecular flexibility index (Phi) is 7.67. The van der Waals surface area contributed by atoms with Gasteiger partial charge in [0.05, 0.1) is 15.1 Å². The summed E-state index contributed by atoms with van der Waals surface area (Å²) in [6, 6.07) is 16.7. The first-order valence-electron chi connectivity index (χ1n) is 9.28. The predicted molar refractivity (Wildman–Crippen MR) is 129 cm³/mol. The van der Waals surface area contributed by atoms with Gasteiger partial charge in [0.15, 0.2) is 5.75 Å². The largest absolute Gasteiger partial charge is 0.377 e. The van der Waals surface area contributed by atoms with Gasteiger partial charge in [0.2, 0.25) is 0 Å². The number of halogens is 3. The van der Waals surface area contributed by atoms with Crippen molar-refractivity contribution in [3.8, 4) is 11.8 Å². The van der Waals surface area contributed by atoms with Gasteiger partial charge in [-0.15, -0.1) is 0 Å². The van der Waals surface area contributed by atoms with Crippen LogP contribution < -0.4 is 9.50 Å². The van der Waals surface area contributed by atoms with Gasteiger partial charge in [0, 0.05) is 5.69 Å². The average Bonchev–Trinajstić information content (AvgIpc) is 2.76. The van der Waals surface area contributed by atoms with Crippen LogP contribution in [-0.4, -0.2) is 14.3 Å². The third kappa shape index (κ3) is 6.28. The van der Waals surface area contributed by atoms with E-state index in [9.17, 15) is 18.5 Å². The van der Waals surface area contributed by atoms with Crippen LogP contribution in [0.1, 0.15) is 11.1 Å². The molecule has 1 N–H and O–H groups in total. The minimum Gasteiger partial charge on any atom is -0.377 e. The molecule has 0 aliphatic rings. The van der Waals surface area contributed by atoms with E-state index in [1.807, 2.05) is 13.0 Å². The molecule has 0 atom stereocenters. The maximum absolute atomic E-state index is 12.5. The van der Waals surface area contributed by atoms with E-state index in [2.05, 4.69) is 5.32 Å². The van der Waals surface area contributed by atoms with E-state index in [0.29, 0.717) is 16.3 Å². The SMILES string of the molecule is Cc1ccc(S(=O)(=O)Oc2ccc(/C=C(\C#N)C(=O)Nc3ccc(Cl)c(Cl)c3)cc2Cl)cc1. The molecule has 0 bridgehead atoms. The van der Waals surface area contributed by atoms with Crippen molar-refractivity contribution in [3.63, 3.8) is 0 Å². The summed E-state index contributed by atoms with van der Waals surface area (Å²) in [4.78, 5) is 12.4. The molecule has 10 heteroatoms. The molecule has 0 unspecified atom stereocenters. The van der Waals surface area contributed by atoms with Crippen molar-refractivity contribution in [1.82, 2.24) is 0 Å². The van der Waals surface area contributed by atoms with E-state index in [4.69, 9.17) is 39.0 Å². The summed E-state index contributed by atoms with van der Waals surface area (Å²) in [5.41, 5.74) is 1.44. The Balaban J connectivity index is 1.80. The van der Waals surface area contributed by atoms with Crippen LogP contribution in [0.5, 0.6) is 5.75 Å². The lowest BCUT2D eigenvalue weighted by Gasteiger charge is -2.09. The molecular formula is C23H15Cl3N2O4S. The highest BCUT2D eigenvalue weighted by molar-refractivity contribution is 7.87. The standard InChI is InChI=1S/C23H15Cl3N2O4S/c1-14-2-6-18(7-3-14)33(30,31)32-22-9-4-15(11-21(22)26)10-16(13-27)23(29)28-17-5-8-19(24)20(25)12-17/h2-12H,1H3,(H,28,29)/b16-10+. The van der Waals surface area contributed by atoms with Gasteiger partial charge >= 0.3 is 10.1 Å². The van der Waals surface area contributed by atoms with Crippen molar-refractivity contribution in [2.24, 2.45) is 0 Å². The normalized spacial score (nSPS) is 11.5. The number of benzene rings is 3. The molecule has 0 aliphatic heterocycles. The third-order valence-electron chi connectivity index (χ3n) is 4.32. The lowest BCUT2D eigenvalue weighted by Crippen LogP contribution is -2.13. The number of carbonyl (C=O) groups excluding carboxylic acids is 1. The van der Waals surface area contributed by atoms with E-state index >= 15 is 0 Å². The number of nitrogens with zero attached hydrogens (tertiary/aromatic N) is 1. The van der Waals surface area contributed by atoms with Crippen LogP contribution in [0.2, 0.25) is 15.1 Å². The second-order valence-electron chi connectivity index (χ2n) is 6.79. The molecule has 168 valence electrons. The maximum Gasteiger partial charge on any atom is 0.339 e. The van der Waals surface area contributed by atoms with Crippen molar-refractivity contribution >= 4 is 62.6 Å². The summed E-state index contributed by atoms with van der Waals surface area (Å²) in [5, 5.41) is 12.5. The molecule has 0 radical (unpaired) electrons. The number of hydrogen-bond donors (Lipinski definition) is 1. The monoisotopic (exact) mass is 520 g/mol. The first kappa shape index (κ1) is 24.6. The fourth-order valence-electron chi connectivity index (χ4n) is 2.63. The van der Waals surface area contributed by atoms with Crippen LogP contribution >= 0.6 is 34.8 Å². The molecule has 1 amide bonds. The lowest BCUT2D eigenvalue weighted by molar-refractivity contribution is -0.112. The minimum absolute atomic E-state index is 0.0124. The third-order valence-corrected chi connectivity index (χ3v) is 6.60. The molecule has 0 fully saturated rings. The van der Waals surface area contributed by atoms with E-state index in [1.165, 1.54) is 48.5 Å². The highest BCUT2D eigenvalue weighted by Crippen LogP contribution is 2.30. The summed E-state index contributed by atoms with van der Waals surface area (Å²) in [7, 11) is -4.08. The van der Waals surface area contributed by atoms with E-state index in [-0.39, 0.29) is 26.3 Å². The smallest absolute Gasteiger partial charge is 0.339 e. The number of carbonyl (C=O) groups is 1. The second-order valence-corrected chi connectivity index (χ2v) is 9.56. The molecule has 0 aliphatic carbocycles. The Morgan fingerprint density at radius 2 is 1.67 bits per heavy atom. The fourth-order valence-corrected chi connectivity index (χ4v) is 4.15. The maximum atomic E-state index is 12.5. The zero-order valence-electron chi connectivity index (χ0n) is 17.0. The Labute approximate surface area is 206 Å². The Hall–Kier alpha value is -3.02. The zero-order chi connectivity index (χ0) is 24.2. The molecular weight excluding hydrogens is 507 g/mol. The van der Waals surface area contributed by atoms with Crippen LogP contribution in [0.4, 0.5) is 5.69 Å². The van der Waals surface area contributed by atoms with Crippen molar-refractivity contribution in [1.29, 1.82) is 5.26 Å². The number of amides is 1. The number of nitriles is 1. The summed E-state index contributed by atoms with van der Waals surface area (Å²) in [5.74, 6) is -0.762. The van der Waals surface area contributed by atoms with Gasteiger partial charge in [-0.25, -0.2) is 0 Å². The van der Waals surface area contributed by atoms with Gasteiger partial charge in [-0.2, -0.15) is 13.7 Å². The Morgan fingerprint density at radius 1 is 0.970 bits per heavy atom. The summed E-state index contributed by atoms with van der Waals surface area (Å²) >= 11 is 18.0. The zero-order valence-corrected chi connectivity index (χ0v) is 20.1. The Bertz CT molecular complexity index is 1400. The average molecular weight is 522 g/mol. The van der Waals surface area contributed by atoms with Crippen LogP contribution in [0.15, 0.2) is 71.1 Å². The molecule has 6 nitrogen and oxygen atoms in total. The number of rotatable bonds is 6. The van der Waals surface area contributed by atoms with Gasteiger partial charge in [-0.3, -0.25) is 4.79 Å². The molecule has 3 aromatic rings. The summed E-state index contributed by atoms with van der Waals surface area (Å²) in [6.07, 6.45) is 1.30. The van der Waals surface area contributed by atoms with Crippen molar-refractivity contribution in [2.45, 2.75) is 11.8 Å². The Morgan fingerprint density at radius 3 is 2.27 bits per heavy atom. The van der Waals surface area contributed by atoms with Gasteiger partial charge in [0.1, 0.15) is 16.5 Å². The topological polar surface area (TPSA) is 96.3 Å². The number of anilines is 1. The minimum atomic E-state index is -4.08. The molecule has 0 saturated heterocycles. The van der Waals surface area contributed by atoms with Gasteiger partial charge in [-0.05, 0) is 61.0 Å².